The molecule has 0 aromatic carbocycles. The SMILES string of the molecule is CCC(C)(C)C(=O)OCCCCCCN1C(=O)C(C)=C(C)C1=O.CCOC(=O)C(C)(C)CC. The summed E-state index contributed by atoms with van der Waals surface area (Å²) in [6.45, 7) is 18.1. The summed E-state index contributed by atoms with van der Waals surface area (Å²) in [6, 6.07) is 0. The minimum absolute atomic E-state index is 0.0995. The normalized spacial score (nSPS) is 14.3. The van der Waals surface area contributed by atoms with Gasteiger partial charge in [-0.3, -0.25) is 24.1 Å². The van der Waals surface area contributed by atoms with Gasteiger partial charge in [-0.05, 0) is 80.6 Å². The van der Waals surface area contributed by atoms with E-state index in [-0.39, 0.29) is 29.2 Å². The van der Waals surface area contributed by atoms with E-state index >= 15 is 0 Å². The molecule has 0 spiro atoms. The summed E-state index contributed by atoms with van der Waals surface area (Å²) in [4.78, 5) is 47.9. The molecule has 1 aliphatic rings. The van der Waals surface area contributed by atoms with Crippen LogP contribution in [-0.4, -0.2) is 48.4 Å². The number of hydrogen-bond acceptors (Lipinski definition) is 6. The molecule has 0 aromatic rings. The minimum atomic E-state index is -0.417. The Kier molecular flexibility index (Phi) is 13.2. The van der Waals surface area contributed by atoms with Crippen LogP contribution in [-0.2, 0) is 28.7 Å². The molecule has 0 fully saturated rings. The third kappa shape index (κ3) is 9.68. The molecule has 1 heterocycles. The number of esters is 2. The van der Waals surface area contributed by atoms with Crippen molar-refractivity contribution in [1.82, 2.24) is 4.90 Å². The van der Waals surface area contributed by atoms with E-state index in [0.717, 1.165) is 38.5 Å². The van der Waals surface area contributed by atoms with E-state index < -0.39 is 5.41 Å². The number of amides is 2. The topological polar surface area (TPSA) is 90.0 Å². The van der Waals surface area contributed by atoms with Crippen LogP contribution in [0.1, 0.15) is 101 Å². The zero-order valence-electron chi connectivity index (χ0n) is 22.3. The second-order valence-electron chi connectivity index (χ2n) is 9.76. The summed E-state index contributed by atoms with van der Waals surface area (Å²) in [5.74, 6) is -0.575. The molecule has 1 aliphatic heterocycles. The van der Waals surface area contributed by atoms with Crippen molar-refractivity contribution in [3.63, 3.8) is 0 Å². The Labute approximate surface area is 200 Å². The second kappa shape index (κ2) is 14.2. The summed E-state index contributed by atoms with van der Waals surface area (Å²) in [5.41, 5.74) is 0.385. The van der Waals surface area contributed by atoms with E-state index in [1.807, 2.05) is 48.5 Å². The van der Waals surface area contributed by atoms with Gasteiger partial charge in [-0.1, -0.05) is 20.3 Å². The molecule has 0 unspecified atom stereocenters. The van der Waals surface area contributed by atoms with Gasteiger partial charge < -0.3 is 9.47 Å². The largest absolute Gasteiger partial charge is 0.466 e. The van der Waals surface area contributed by atoms with Crippen LogP contribution in [0.15, 0.2) is 11.1 Å². The Bertz CT molecular complexity index is 696. The highest BCUT2D eigenvalue weighted by Gasteiger charge is 2.32. The highest BCUT2D eigenvalue weighted by atomic mass is 16.5. The van der Waals surface area contributed by atoms with Crippen molar-refractivity contribution in [3.8, 4) is 0 Å². The van der Waals surface area contributed by atoms with Gasteiger partial charge in [0.05, 0.1) is 24.0 Å². The monoisotopic (exact) mass is 467 g/mol. The maximum absolute atomic E-state index is 11.9. The summed E-state index contributed by atoms with van der Waals surface area (Å²) < 4.78 is 10.1. The lowest BCUT2D eigenvalue weighted by atomic mass is 9.91. The van der Waals surface area contributed by atoms with Crippen LogP contribution in [0.2, 0.25) is 0 Å². The molecule has 0 N–H and O–H groups in total. The molecule has 190 valence electrons. The fourth-order valence-electron chi connectivity index (χ4n) is 2.72. The first-order valence-electron chi connectivity index (χ1n) is 12.1. The highest BCUT2D eigenvalue weighted by Crippen LogP contribution is 2.23. The third-order valence-corrected chi connectivity index (χ3v) is 6.35. The van der Waals surface area contributed by atoms with Crippen molar-refractivity contribution in [2.24, 2.45) is 10.8 Å². The van der Waals surface area contributed by atoms with Crippen molar-refractivity contribution in [2.45, 2.75) is 101 Å². The number of hydrogen-bond donors (Lipinski definition) is 0. The van der Waals surface area contributed by atoms with Crippen LogP contribution in [0.5, 0.6) is 0 Å². The van der Waals surface area contributed by atoms with Gasteiger partial charge in [0, 0.05) is 17.7 Å². The maximum Gasteiger partial charge on any atom is 0.311 e. The number of carbonyl (C=O) groups excluding carboxylic acids is 4. The first kappa shape index (κ1) is 30.8. The first-order chi connectivity index (χ1) is 15.3. The molecule has 0 saturated carbocycles. The van der Waals surface area contributed by atoms with E-state index in [1.54, 1.807) is 13.8 Å². The lowest BCUT2D eigenvalue weighted by molar-refractivity contribution is -0.154. The molecule has 0 atom stereocenters. The van der Waals surface area contributed by atoms with Gasteiger partial charge >= 0.3 is 11.9 Å². The molecule has 0 radical (unpaired) electrons. The van der Waals surface area contributed by atoms with E-state index in [4.69, 9.17) is 9.47 Å². The van der Waals surface area contributed by atoms with Crippen molar-refractivity contribution in [3.05, 3.63) is 11.1 Å². The van der Waals surface area contributed by atoms with E-state index in [1.165, 1.54) is 4.90 Å². The van der Waals surface area contributed by atoms with Gasteiger partial charge in [0.25, 0.3) is 11.8 Å². The summed E-state index contributed by atoms with van der Waals surface area (Å²) in [7, 11) is 0. The predicted molar refractivity (Wildman–Crippen MR) is 129 cm³/mol. The molecule has 2 amide bonds. The molecular formula is C26H45NO6. The van der Waals surface area contributed by atoms with Gasteiger partial charge in [0.2, 0.25) is 0 Å². The zero-order chi connectivity index (χ0) is 25.8. The number of unbranched alkanes of at least 4 members (excludes halogenated alkanes) is 3. The second-order valence-corrected chi connectivity index (χ2v) is 9.76. The molecule has 7 nitrogen and oxygen atoms in total. The molecule has 0 aromatic heterocycles. The van der Waals surface area contributed by atoms with Gasteiger partial charge in [0.15, 0.2) is 0 Å². The molecule has 33 heavy (non-hydrogen) atoms. The zero-order valence-corrected chi connectivity index (χ0v) is 22.3. The number of ether oxygens (including phenoxy) is 2. The Morgan fingerprint density at radius 2 is 1.15 bits per heavy atom. The molecule has 0 saturated heterocycles. The average molecular weight is 468 g/mol. The van der Waals surface area contributed by atoms with Crippen molar-refractivity contribution in [2.75, 3.05) is 19.8 Å². The van der Waals surface area contributed by atoms with Gasteiger partial charge in [0.1, 0.15) is 0 Å². The maximum atomic E-state index is 11.9. The van der Waals surface area contributed by atoms with Crippen molar-refractivity contribution >= 4 is 23.8 Å². The van der Waals surface area contributed by atoms with Crippen LogP contribution in [0.3, 0.4) is 0 Å². The fraction of sp³-hybridized carbons (Fsp3) is 0.769. The highest BCUT2D eigenvalue weighted by molar-refractivity contribution is 6.18. The fourth-order valence-corrected chi connectivity index (χ4v) is 2.72. The van der Waals surface area contributed by atoms with Gasteiger partial charge in [-0.15, -0.1) is 0 Å². The Balaban J connectivity index is 0.000000861. The van der Waals surface area contributed by atoms with Crippen LogP contribution in [0, 0.1) is 10.8 Å². The molecule has 0 aliphatic carbocycles. The van der Waals surface area contributed by atoms with Crippen molar-refractivity contribution < 1.29 is 28.7 Å². The van der Waals surface area contributed by atoms with Crippen LogP contribution >= 0.6 is 0 Å². The summed E-state index contributed by atoms with van der Waals surface area (Å²) in [5, 5.41) is 0. The van der Waals surface area contributed by atoms with Crippen LogP contribution in [0.25, 0.3) is 0 Å². The Morgan fingerprint density at radius 3 is 1.58 bits per heavy atom. The average Bonchev–Trinajstić information content (AvgIpc) is 2.96. The number of nitrogens with zero attached hydrogens (tertiary/aromatic N) is 1. The lowest BCUT2D eigenvalue weighted by Crippen LogP contribution is -2.32. The molecule has 7 heteroatoms. The van der Waals surface area contributed by atoms with Crippen LogP contribution in [0.4, 0.5) is 0 Å². The number of rotatable bonds is 12. The van der Waals surface area contributed by atoms with Gasteiger partial charge in [-0.2, -0.15) is 0 Å². The number of carbonyl (C=O) groups is 4. The standard InChI is InChI=1S/C18H29NO4.C8H16O2/c1-6-18(4,5)17(22)23-12-10-8-7-9-11-19-15(20)13(2)14(3)16(19)21;1-5-8(3,4)7(9)10-6-2/h6-12H2,1-5H3;5-6H2,1-4H3. The predicted octanol–water partition coefficient (Wildman–Crippen LogP) is 5.22. The molecule has 0 bridgehead atoms. The van der Waals surface area contributed by atoms with E-state index in [2.05, 4.69) is 0 Å². The Morgan fingerprint density at radius 1 is 0.727 bits per heavy atom. The lowest BCUT2D eigenvalue weighted by Gasteiger charge is -2.20. The van der Waals surface area contributed by atoms with E-state index in [9.17, 15) is 19.2 Å². The van der Waals surface area contributed by atoms with Crippen LogP contribution < -0.4 is 0 Å². The molecule has 1 rings (SSSR count). The summed E-state index contributed by atoms with van der Waals surface area (Å²) >= 11 is 0. The Hall–Kier alpha value is -2.18. The summed E-state index contributed by atoms with van der Waals surface area (Å²) in [6.07, 6.45) is 5.00. The van der Waals surface area contributed by atoms with Crippen molar-refractivity contribution in [1.29, 1.82) is 0 Å². The smallest absolute Gasteiger partial charge is 0.311 e. The minimum Gasteiger partial charge on any atom is -0.466 e. The van der Waals surface area contributed by atoms with Gasteiger partial charge in [-0.25, -0.2) is 0 Å². The third-order valence-electron chi connectivity index (χ3n) is 6.35. The first-order valence-corrected chi connectivity index (χ1v) is 12.1. The van der Waals surface area contributed by atoms with E-state index in [0.29, 0.717) is 30.9 Å². The number of imide groups is 1. The quantitative estimate of drug-likeness (QED) is 0.222. The molecular weight excluding hydrogens is 422 g/mol.